The number of halogens is 2. The first kappa shape index (κ1) is 12.2. The van der Waals surface area contributed by atoms with Crippen LogP contribution in [0.3, 0.4) is 0 Å². The molecule has 1 aliphatic rings. The van der Waals surface area contributed by atoms with Gasteiger partial charge in [0.05, 0.1) is 12.6 Å². The fourth-order valence-electron chi connectivity index (χ4n) is 2.23. The van der Waals surface area contributed by atoms with Crippen molar-refractivity contribution in [3.8, 4) is 5.75 Å². The first-order valence-corrected chi connectivity index (χ1v) is 6.41. The average molecular weight is 279 g/mol. The second kappa shape index (κ2) is 5.05. The van der Waals surface area contributed by atoms with E-state index >= 15 is 0 Å². The van der Waals surface area contributed by atoms with E-state index in [4.69, 9.17) is 16.3 Å². The van der Waals surface area contributed by atoms with Crippen LogP contribution in [0.5, 0.6) is 5.75 Å². The van der Waals surface area contributed by atoms with Gasteiger partial charge >= 0.3 is 0 Å². The van der Waals surface area contributed by atoms with Gasteiger partial charge < -0.3 is 10.1 Å². The number of nitrogens with one attached hydrogen (secondary N) is 1. The van der Waals surface area contributed by atoms with E-state index in [1.54, 1.807) is 18.3 Å². The third-order valence-corrected chi connectivity index (χ3v) is 3.30. The summed E-state index contributed by atoms with van der Waals surface area (Å²) >= 11 is 5.85. The summed E-state index contributed by atoms with van der Waals surface area (Å²) in [5, 5.41) is 3.76. The molecule has 1 atom stereocenters. The molecule has 2 heterocycles. The van der Waals surface area contributed by atoms with Gasteiger partial charge in [0, 0.05) is 23.9 Å². The number of rotatable bonds is 2. The predicted octanol–water partition coefficient (Wildman–Crippen LogP) is 3.81. The third-order valence-electron chi connectivity index (χ3n) is 3.09. The number of nitrogens with zero attached hydrogens (tertiary/aromatic N) is 1. The number of fused-ring (bicyclic) bond motifs is 1. The number of hydrogen-bond acceptors (Lipinski definition) is 3. The lowest BCUT2D eigenvalue weighted by Gasteiger charge is -2.27. The Labute approximate surface area is 115 Å². The molecule has 0 bridgehead atoms. The molecule has 0 amide bonds. The number of hydrogen-bond donors (Lipinski definition) is 1. The van der Waals surface area contributed by atoms with Gasteiger partial charge in [-0.15, -0.1) is 0 Å². The van der Waals surface area contributed by atoms with Crippen molar-refractivity contribution in [1.29, 1.82) is 0 Å². The van der Waals surface area contributed by atoms with Crippen molar-refractivity contribution in [3.63, 3.8) is 0 Å². The number of para-hydroxylation sites is 1. The highest BCUT2D eigenvalue weighted by Crippen LogP contribution is 2.36. The van der Waals surface area contributed by atoms with E-state index in [0.29, 0.717) is 17.5 Å². The zero-order valence-corrected chi connectivity index (χ0v) is 10.8. The third kappa shape index (κ3) is 2.49. The summed E-state index contributed by atoms with van der Waals surface area (Å²) in [7, 11) is 0. The maximum atomic E-state index is 13.7. The van der Waals surface area contributed by atoms with Crippen LogP contribution in [0, 0.1) is 5.82 Å². The number of aromatic nitrogens is 1. The van der Waals surface area contributed by atoms with Gasteiger partial charge in [-0.2, -0.15) is 0 Å². The Balaban J connectivity index is 1.90. The first-order valence-electron chi connectivity index (χ1n) is 6.03. The summed E-state index contributed by atoms with van der Waals surface area (Å²) in [6.45, 7) is 0.490. The van der Waals surface area contributed by atoms with Gasteiger partial charge in [-0.25, -0.2) is 9.37 Å². The van der Waals surface area contributed by atoms with Crippen molar-refractivity contribution in [2.45, 2.75) is 12.5 Å². The van der Waals surface area contributed by atoms with Crippen LogP contribution in [0.1, 0.15) is 18.0 Å². The van der Waals surface area contributed by atoms with E-state index in [1.807, 2.05) is 12.1 Å². The van der Waals surface area contributed by atoms with Crippen molar-refractivity contribution in [2.24, 2.45) is 0 Å². The Kier molecular flexibility index (Phi) is 3.25. The lowest BCUT2D eigenvalue weighted by atomic mass is 10.00. The monoisotopic (exact) mass is 278 g/mol. The molecule has 0 fully saturated rings. The highest BCUT2D eigenvalue weighted by molar-refractivity contribution is 6.29. The van der Waals surface area contributed by atoms with E-state index in [0.717, 1.165) is 17.7 Å². The fraction of sp³-hybridized carbons (Fsp3) is 0.214. The normalized spacial score (nSPS) is 17.5. The highest BCUT2D eigenvalue weighted by Gasteiger charge is 2.23. The van der Waals surface area contributed by atoms with Crippen molar-refractivity contribution >= 4 is 17.3 Å². The topological polar surface area (TPSA) is 34.1 Å². The van der Waals surface area contributed by atoms with Crippen LogP contribution < -0.4 is 10.1 Å². The summed E-state index contributed by atoms with van der Waals surface area (Å²) in [6.07, 6.45) is 2.41. The van der Waals surface area contributed by atoms with E-state index in [9.17, 15) is 4.39 Å². The second-order valence-electron chi connectivity index (χ2n) is 4.36. The molecule has 0 radical (unpaired) electrons. The highest BCUT2D eigenvalue weighted by atomic mass is 35.5. The number of pyridine rings is 1. The summed E-state index contributed by atoms with van der Waals surface area (Å²) < 4.78 is 19.1. The minimum absolute atomic E-state index is 0.0120. The van der Waals surface area contributed by atoms with Gasteiger partial charge in [0.15, 0.2) is 11.6 Å². The molecule has 1 aromatic heterocycles. The molecule has 0 spiro atoms. The molecule has 1 N–H and O–H groups in total. The van der Waals surface area contributed by atoms with Crippen molar-refractivity contribution < 1.29 is 9.13 Å². The van der Waals surface area contributed by atoms with E-state index in [-0.39, 0.29) is 11.9 Å². The predicted molar refractivity (Wildman–Crippen MR) is 72.1 cm³/mol. The Bertz CT molecular complexity index is 606. The molecule has 0 aliphatic carbocycles. The fourth-order valence-corrected chi connectivity index (χ4v) is 2.40. The van der Waals surface area contributed by atoms with Crippen molar-refractivity contribution in [1.82, 2.24) is 4.98 Å². The Morgan fingerprint density at radius 1 is 1.37 bits per heavy atom. The molecule has 3 rings (SSSR count). The minimum Gasteiger partial charge on any atom is -0.490 e. The Morgan fingerprint density at radius 3 is 3.11 bits per heavy atom. The quantitative estimate of drug-likeness (QED) is 0.848. The van der Waals surface area contributed by atoms with Crippen LogP contribution in [0.15, 0.2) is 36.5 Å². The van der Waals surface area contributed by atoms with Crippen LogP contribution in [-0.2, 0) is 0 Å². The summed E-state index contributed by atoms with van der Waals surface area (Å²) in [5.41, 5.74) is 1.70. The maximum absolute atomic E-state index is 13.7. The minimum atomic E-state index is -0.322. The van der Waals surface area contributed by atoms with Crippen molar-refractivity contribution in [3.05, 3.63) is 53.1 Å². The molecule has 0 saturated heterocycles. The molecule has 0 unspecified atom stereocenters. The molecule has 0 saturated carbocycles. The molecule has 2 aromatic rings. The Morgan fingerprint density at radius 2 is 2.26 bits per heavy atom. The van der Waals surface area contributed by atoms with E-state index < -0.39 is 0 Å². The number of anilines is 1. The Hall–Kier alpha value is -1.81. The molecule has 1 aliphatic heterocycles. The summed E-state index contributed by atoms with van der Waals surface area (Å²) in [6, 6.07) is 8.56. The second-order valence-corrected chi connectivity index (χ2v) is 4.75. The van der Waals surface area contributed by atoms with Crippen LogP contribution >= 0.6 is 11.6 Å². The van der Waals surface area contributed by atoms with Gasteiger partial charge in [-0.1, -0.05) is 23.7 Å². The zero-order chi connectivity index (χ0) is 13.2. The van der Waals surface area contributed by atoms with Crippen molar-refractivity contribution in [2.75, 3.05) is 11.9 Å². The zero-order valence-electron chi connectivity index (χ0n) is 10.1. The van der Waals surface area contributed by atoms with Gasteiger partial charge in [0.25, 0.3) is 0 Å². The summed E-state index contributed by atoms with van der Waals surface area (Å²) in [5.74, 6) is 0.0168. The number of benzene rings is 1. The molecule has 98 valence electrons. The van der Waals surface area contributed by atoms with E-state index in [2.05, 4.69) is 10.3 Å². The molecule has 19 heavy (non-hydrogen) atoms. The molecule has 1 aromatic carbocycles. The summed E-state index contributed by atoms with van der Waals surface area (Å²) in [4.78, 5) is 3.93. The molecular weight excluding hydrogens is 267 g/mol. The van der Waals surface area contributed by atoms with Gasteiger partial charge in [0.1, 0.15) is 5.15 Å². The van der Waals surface area contributed by atoms with Crippen LogP contribution in [-0.4, -0.2) is 11.6 Å². The maximum Gasteiger partial charge on any atom is 0.165 e. The standard InChI is InChI=1S/C14H12ClFN2O/c15-13-8-9(4-6-17-13)18-12-5-7-19-14-10(12)2-1-3-11(14)16/h1-4,6,8,12H,5,7H2,(H,17,18)/t12-/m0/s1. The SMILES string of the molecule is Fc1cccc2c1OCC[C@@H]2Nc1ccnc(Cl)c1. The lowest BCUT2D eigenvalue weighted by Crippen LogP contribution is -2.21. The molecule has 5 heteroatoms. The first-order chi connectivity index (χ1) is 9.24. The van der Waals surface area contributed by atoms with E-state index in [1.165, 1.54) is 6.07 Å². The number of ether oxygens (including phenoxy) is 1. The lowest BCUT2D eigenvalue weighted by molar-refractivity contribution is 0.260. The van der Waals surface area contributed by atoms with Gasteiger partial charge in [0.2, 0.25) is 0 Å². The largest absolute Gasteiger partial charge is 0.490 e. The van der Waals surface area contributed by atoms with Gasteiger partial charge in [-0.05, 0) is 18.2 Å². The average Bonchev–Trinajstić information content (AvgIpc) is 2.40. The van der Waals surface area contributed by atoms with Crippen LogP contribution in [0.25, 0.3) is 0 Å². The van der Waals surface area contributed by atoms with Crippen LogP contribution in [0.4, 0.5) is 10.1 Å². The van der Waals surface area contributed by atoms with Crippen LogP contribution in [0.2, 0.25) is 5.15 Å². The van der Waals surface area contributed by atoms with Gasteiger partial charge in [-0.3, -0.25) is 0 Å². The molecule has 3 nitrogen and oxygen atoms in total. The molecular formula is C14H12ClFN2O. The smallest absolute Gasteiger partial charge is 0.165 e.